The molecule has 2 aromatic rings. The summed E-state index contributed by atoms with van der Waals surface area (Å²) in [6.07, 6.45) is 1.31. The first-order valence-corrected chi connectivity index (χ1v) is 8.29. The van der Waals surface area contributed by atoms with Gasteiger partial charge in [0.05, 0.1) is 6.04 Å². The van der Waals surface area contributed by atoms with E-state index in [-0.39, 0.29) is 11.9 Å². The van der Waals surface area contributed by atoms with Gasteiger partial charge in [0.2, 0.25) is 5.91 Å². The summed E-state index contributed by atoms with van der Waals surface area (Å²) in [6.45, 7) is 10.5. The Labute approximate surface area is 139 Å². The van der Waals surface area contributed by atoms with Crippen molar-refractivity contribution in [1.29, 1.82) is 0 Å². The molecule has 0 saturated heterocycles. The predicted molar refractivity (Wildman–Crippen MR) is 96.7 cm³/mol. The summed E-state index contributed by atoms with van der Waals surface area (Å²) in [5, 5.41) is 3.11. The van der Waals surface area contributed by atoms with Crippen LogP contribution in [0.3, 0.4) is 0 Å². The van der Waals surface area contributed by atoms with Gasteiger partial charge in [-0.05, 0) is 68.9 Å². The van der Waals surface area contributed by atoms with Crippen molar-refractivity contribution in [3.05, 3.63) is 69.8 Å². The Morgan fingerprint density at radius 3 is 2.35 bits per heavy atom. The zero-order valence-corrected chi connectivity index (χ0v) is 14.9. The average molecular weight is 309 g/mol. The second-order valence-corrected chi connectivity index (χ2v) is 6.57. The monoisotopic (exact) mass is 309 g/mol. The average Bonchev–Trinajstić information content (AvgIpc) is 2.48. The second-order valence-electron chi connectivity index (χ2n) is 6.57. The smallest absolute Gasteiger partial charge is 0.220 e. The summed E-state index contributed by atoms with van der Waals surface area (Å²) in [5.74, 6) is 0.107. The number of aryl methyl sites for hydroxylation is 5. The first kappa shape index (κ1) is 17.3. The van der Waals surface area contributed by atoms with E-state index in [4.69, 9.17) is 0 Å². The van der Waals surface area contributed by atoms with E-state index in [9.17, 15) is 4.79 Å². The normalized spacial score (nSPS) is 12.0. The minimum absolute atomic E-state index is 0.0443. The van der Waals surface area contributed by atoms with E-state index in [1.54, 1.807) is 0 Å². The molecule has 1 atom stereocenters. The molecule has 2 nitrogen and oxygen atoms in total. The highest BCUT2D eigenvalue weighted by atomic mass is 16.1. The van der Waals surface area contributed by atoms with E-state index in [1.165, 1.54) is 33.4 Å². The van der Waals surface area contributed by atoms with Gasteiger partial charge in [-0.2, -0.15) is 0 Å². The highest BCUT2D eigenvalue weighted by Crippen LogP contribution is 2.19. The molecule has 0 aliphatic carbocycles. The highest BCUT2D eigenvalue weighted by molar-refractivity contribution is 5.76. The fourth-order valence-electron chi connectivity index (χ4n) is 2.92. The Hall–Kier alpha value is -2.09. The molecule has 2 heteroatoms. The van der Waals surface area contributed by atoms with Gasteiger partial charge in [0.1, 0.15) is 0 Å². The van der Waals surface area contributed by atoms with Crippen LogP contribution < -0.4 is 5.32 Å². The second kappa shape index (κ2) is 7.45. The molecule has 0 aliphatic rings. The number of carbonyl (C=O) groups is 1. The van der Waals surface area contributed by atoms with Crippen molar-refractivity contribution in [3.63, 3.8) is 0 Å². The van der Waals surface area contributed by atoms with Crippen LogP contribution in [0.1, 0.15) is 52.8 Å². The largest absolute Gasteiger partial charge is 0.350 e. The Bertz CT molecular complexity index is 703. The molecule has 0 fully saturated rings. The minimum Gasteiger partial charge on any atom is -0.350 e. The summed E-state index contributed by atoms with van der Waals surface area (Å²) in [4.78, 5) is 12.2. The minimum atomic E-state index is 0.0443. The van der Waals surface area contributed by atoms with Gasteiger partial charge in [-0.25, -0.2) is 0 Å². The quantitative estimate of drug-likeness (QED) is 0.850. The maximum absolute atomic E-state index is 12.2. The molecule has 0 saturated carbocycles. The van der Waals surface area contributed by atoms with Crippen molar-refractivity contribution in [2.75, 3.05) is 0 Å². The van der Waals surface area contributed by atoms with Gasteiger partial charge < -0.3 is 5.32 Å². The van der Waals surface area contributed by atoms with Crippen LogP contribution >= 0.6 is 0 Å². The number of carbonyl (C=O) groups excluding carboxylic acids is 1. The highest BCUT2D eigenvalue weighted by Gasteiger charge is 2.12. The Morgan fingerprint density at radius 1 is 0.957 bits per heavy atom. The molecule has 0 radical (unpaired) electrons. The summed E-state index contributed by atoms with van der Waals surface area (Å²) in [6, 6.07) is 12.8. The maximum atomic E-state index is 12.2. The summed E-state index contributed by atoms with van der Waals surface area (Å²) < 4.78 is 0. The molecular weight excluding hydrogens is 282 g/mol. The number of rotatable bonds is 5. The van der Waals surface area contributed by atoms with Gasteiger partial charge in [-0.15, -0.1) is 0 Å². The molecular formula is C21H27NO. The van der Waals surface area contributed by atoms with Crippen LogP contribution in [0.4, 0.5) is 0 Å². The summed E-state index contributed by atoms with van der Waals surface area (Å²) >= 11 is 0. The van der Waals surface area contributed by atoms with Crippen LogP contribution in [0.5, 0.6) is 0 Å². The molecule has 122 valence electrons. The molecule has 0 unspecified atom stereocenters. The Kier molecular flexibility index (Phi) is 5.59. The third kappa shape index (κ3) is 4.69. The molecule has 0 spiro atoms. The molecule has 2 aromatic carbocycles. The lowest BCUT2D eigenvalue weighted by Crippen LogP contribution is -2.27. The van der Waals surface area contributed by atoms with Crippen LogP contribution in [0.2, 0.25) is 0 Å². The van der Waals surface area contributed by atoms with E-state index in [0.29, 0.717) is 6.42 Å². The fraction of sp³-hybridized carbons (Fsp3) is 0.381. The lowest BCUT2D eigenvalue weighted by Gasteiger charge is -2.17. The molecule has 0 heterocycles. The Morgan fingerprint density at radius 2 is 1.70 bits per heavy atom. The predicted octanol–water partition coefficient (Wildman–Crippen LogP) is 4.73. The molecule has 23 heavy (non-hydrogen) atoms. The van der Waals surface area contributed by atoms with Crippen molar-refractivity contribution in [1.82, 2.24) is 5.32 Å². The third-order valence-electron chi connectivity index (χ3n) is 4.48. The van der Waals surface area contributed by atoms with Crippen molar-refractivity contribution in [3.8, 4) is 0 Å². The SMILES string of the molecule is Cc1ccc([C@H](C)NC(=O)CCc2ccc(C)c(C)c2)c(C)c1. The number of nitrogens with one attached hydrogen (secondary N) is 1. The molecule has 0 aromatic heterocycles. The van der Waals surface area contributed by atoms with Crippen LogP contribution in [-0.2, 0) is 11.2 Å². The van der Waals surface area contributed by atoms with Crippen LogP contribution in [0.15, 0.2) is 36.4 Å². The molecule has 0 aliphatic heterocycles. The van der Waals surface area contributed by atoms with Gasteiger partial charge in [0.15, 0.2) is 0 Å². The van der Waals surface area contributed by atoms with E-state index in [2.05, 4.69) is 69.4 Å². The zero-order chi connectivity index (χ0) is 17.0. The van der Waals surface area contributed by atoms with Crippen molar-refractivity contribution >= 4 is 5.91 Å². The van der Waals surface area contributed by atoms with Crippen molar-refractivity contribution < 1.29 is 4.79 Å². The molecule has 2 rings (SSSR count). The number of benzene rings is 2. The first-order valence-electron chi connectivity index (χ1n) is 8.29. The van der Waals surface area contributed by atoms with Gasteiger partial charge in [0.25, 0.3) is 0 Å². The summed E-state index contributed by atoms with van der Waals surface area (Å²) in [5.41, 5.74) is 7.47. The van der Waals surface area contributed by atoms with E-state index >= 15 is 0 Å². The summed E-state index contributed by atoms with van der Waals surface area (Å²) in [7, 11) is 0. The van der Waals surface area contributed by atoms with E-state index in [1.807, 2.05) is 6.92 Å². The van der Waals surface area contributed by atoms with Crippen LogP contribution in [0.25, 0.3) is 0 Å². The number of hydrogen-bond donors (Lipinski definition) is 1. The zero-order valence-electron chi connectivity index (χ0n) is 14.9. The first-order chi connectivity index (χ1) is 10.9. The van der Waals surface area contributed by atoms with Gasteiger partial charge in [-0.3, -0.25) is 4.79 Å². The van der Waals surface area contributed by atoms with Gasteiger partial charge in [-0.1, -0.05) is 42.0 Å². The topological polar surface area (TPSA) is 29.1 Å². The van der Waals surface area contributed by atoms with Crippen LogP contribution in [-0.4, -0.2) is 5.91 Å². The number of amides is 1. The van der Waals surface area contributed by atoms with Crippen molar-refractivity contribution in [2.45, 2.75) is 53.5 Å². The van der Waals surface area contributed by atoms with E-state index < -0.39 is 0 Å². The fourth-order valence-corrected chi connectivity index (χ4v) is 2.92. The standard InChI is InChI=1S/C21H27NO/c1-14-6-10-20(17(4)12-14)18(5)22-21(23)11-9-19-8-7-15(2)16(3)13-19/h6-8,10,12-13,18H,9,11H2,1-5H3,(H,22,23)/t18-/m0/s1. The van der Waals surface area contributed by atoms with Crippen molar-refractivity contribution in [2.24, 2.45) is 0 Å². The lowest BCUT2D eigenvalue weighted by atomic mass is 10.00. The third-order valence-corrected chi connectivity index (χ3v) is 4.48. The van der Waals surface area contributed by atoms with Gasteiger partial charge >= 0.3 is 0 Å². The molecule has 1 amide bonds. The molecule has 0 bridgehead atoms. The molecule has 1 N–H and O–H groups in total. The van der Waals surface area contributed by atoms with Crippen LogP contribution in [0, 0.1) is 27.7 Å². The number of hydrogen-bond acceptors (Lipinski definition) is 1. The lowest BCUT2D eigenvalue weighted by molar-refractivity contribution is -0.121. The van der Waals surface area contributed by atoms with E-state index in [0.717, 1.165) is 6.42 Å². The van der Waals surface area contributed by atoms with Gasteiger partial charge in [0, 0.05) is 6.42 Å². The Balaban J connectivity index is 1.92. The maximum Gasteiger partial charge on any atom is 0.220 e.